The molecular weight excluding hydrogens is 200 g/mol. The second-order valence-corrected chi connectivity index (χ2v) is 4.58. The molecule has 2 rings (SSSR count). The van der Waals surface area contributed by atoms with Crippen molar-refractivity contribution in [3.05, 3.63) is 47.6 Å². The molecule has 0 aliphatic heterocycles. The monoisotopic (exact) mass is 216 g/mol. The fourth-order valence-electron chi connectivity index (χ4n) is 2.02. The summed E-state index contributed by atoms with van der Waals surface area (Å²) < 4.78 is 0. The highest BCUT2D eigenvalue weighted by molar-refractivity contribution is 5.51. The first-order valence-electron chi connectivity index (χ1n) is 5.40. The van der Waals surface area contributed by atoms with E-state index in [-0.39, 0.29) is 16.9 Å². The fraction of sp³-hybridized carbons (Fsp3) is 0.286. The third-order valence-electron chi connectivity index (χ3n) is 3.19. The molecule has 0 aromatic heterocycles. The smallest absolute Gasteiger partial charge is 0.161 e. The largest absolute Gasteiger partial charge is 0.504 e. The van der Waals surface area contributed by atoms with Crippen LogP contribution in [0.4, 0.5) is 0 Å². The van der Waals surface area contributed by atoms with Gasteiger partial charge in [0.05, 0.1) is 0 Å². The maximum atomic E-state index is 9.88. The van der Waals surface area contributed by atoms with E-state index in [1.165, 1.54) is 11.6 Å². The second kappa shape index (κ2) is 3.71. The Bertz CT molecular complexity index is 472. The predicted octanol–water partition coefficient (Wildman–Crippen LogP) is 3.26. The molecule has 0 amide bonds. The van der Waals surface area contributed by atoms with Crippen molar-refractivity contribution in [2.75, 3.05) is 0 Å². The lowest BCUT2D eigenvalue weighted by Gasteiger charge is -2.29. The molecule has 2 N–H and O–H groups in total. The van der Waals surface area contributed by atoms with E-state index in [2.05, 4.69) is 26.0 Å². The zero-order valence-electron chi connectivity index (χ0n) is 9.57. The van der Waals surface area contributed by atoms with Crippen molar-refractivity contribution >= 4 is 0 Å². The molecule has 1 aromatic carbocycles. The van der Waals surface area contributed by atoms with Gasteiger partial charge in [-0.2, -0.15) is 0 Å². The van der Waals surface area contributed by atoms with Gasteiger partial charge in [0.2, 0.25) is 0 Å². The number of hydrogen-bond acceptors (Lipinski definition) is 2. The van der Waals surface area contributed by atoms with Crippen molar-refractivity contribution in [2.45, 2.75) is 25.7 Å². The minimum atomic E-state index is -0.234. The minimum absolute atomic E-state index is 0.0115. The number of phenols is 2. The molecule has 0 saturated carbocycles. The molecule has 0 heterocycles. The summed E-state index contributed by atoms with van der Waals surface area (Å²) in [5.74, 6) is -0.0685. The van der Waals surface area contributed by atoms with E-state index < -0.39 is 0 Å². The first-order valence-corrected chi connectivity index (χ1v) is 5.40. The maximum absolute atomic E-state index is 9.88. The zero-order valence-corrected chi connectivity index (χ0v) is 9.57. The Morgan fingerprint density at radius 2 is 2.00 bits per heavy atom. The van der Waals surface area contributed by atoms with Crippen molar-refractivity contribution in [2.24, 2.45) is 0 Å². The first kappa shape index (κ1) is 10.8. The Morgan fingerprint density at radius 1 is 1.25 bits per heavy atom. The first-order chi connectivity index (χ1) is 7.53. The van der Waals surface area contributed by atoms with Gasteiger partial charge in [0.25, 0.3) is 0 Å². The summed E-state index contributed by atoms with van der Waals surface area (Å²) in [4.78, 5) is 0. The molecule has 1 aliphatic rings. The van der Waals surface area contributed by atoms with Crippen molar-refractivity contribution in [3.63, 3.8) is 0 Å². The Balaban J connectivity index is 2.46. The zero-order chi connectivity index (χ0) is 11.8. The van der Waals surface area contributed by atoms with Crippen LogP contribution in [0.2, 0.25) is 0 Å². The van der Waals surface area contributed by atoms with Gasteiger partial charge in [-0.1, -0.05) is 42.9 Å². The molecule has 84 valence electrons. The van der Waals surface area contributed by atoms with Gasteiger partial charge in [0.15, 0.2) is 11.5 Å². The van der Waals surface area contributed by atoms with Gasteiger partial charge >= 0.3 is 0 Å². The van der Waals surface area contributed by atoms with Crippen molar-refractivity contribution in [3.8, 4) is 11.5 Å². The fourth-order valence-corrected chi connectivity index (χ4v) is 2.02. The topological polar surface area (TPSA) is 40.5 Å². The second-order valence-electron chi connectivity index (χ2n) is 4.58. The van der Waals surface area contributed by atoms with Gasteiger partial charge in [-0.3, -0.25) is 0 Å². The molecule has 1 unspecified atom stereocenters. The van der Waals surface area contributed by atoms with E-state index >= 15 is 0 Å². The summed E-state index contributed by atoms with van der Waals surface area (Å²) in [6, 6.07) is 5.11. The molecular formula is C14H16O2. The highest BCUT2D eigenvalue weighted by atomic mass is 16.3. The molecule has 0 radical (unpaired) electrons. The van der Waals surface area contributed by atoms with Crippen molar-refractivity contribution in [1.82, 2.24) is 0 Å². The lowest BCUT2D eigenvalue weighted by Crippen LogP contribution is -2.20. The van der Waals surface area contributed by atoms with Crippen LogP contribution < -0.4 is 0 Å². The summed E-state index contributed by atoms with van der Waals surface area (Å²) in [6.07, 6.45) is 7.11. The number of benzene rings is 1. The van der Waals surface area contributed by atoms with Crippen LogP contribution in [-0.4, -0.2) is 10.2 Å². The number of phenolic OH excluding ortho intramolecular Hbond substituents is 2. The number of hydrogen-bond donors (Lipinski definition) is 2. The molecule has 0 spiro atoms. The lowest BCUT2D eigenvalue weighted by atomic mass is 9.76. The highest BCUT2D eigenvalue weighted by Crippen LogP contribution is 2.41. The predicted molar refractivity (Wildman–Crippen MR) is 64.6 cm³/mol. The third kappa shape index (κ3) is 1.71. The maximum Gasteiger partial charge on any atom is 0.161 e. The molecule has 1 aromatic rings. The molecule has 0 fully saturated rings. The summed E-state index contributed by atoms with van der Waals surface area (Å²) >= 11 is 0. The lowest BCUT2D eigenvalue weighted by molar-refractivity contribution is 0.390. The van der Waals surface area contributed by atoms with Crippen LogP contribution in [0.5, 0.6) is 11.5 Å². The normalized spacial score (nSPS) is 24.2. The van der Waals surface area contributed by atoms with Gasteiger partial charge in [-0.05, 0) is 19.4 Å². The molecule has 2 heteroatoms. The van der Waals surface area contributed by atoms with E-state index in [1.807, 2.05) is 12.1 Å². The molecule has 1 aliphatic carbocycles. The average Bonchev–Trinajstić information content (AvgIpc) is 2.27. The van der Waals surface area contributed by atoms with Gasteiger partial charge in [0.1, 0.15) is 0 Å². The van der Waals surface area contributed by atoms with Crippen LogP contribution in [0.3, 0.4) is 0 Å². The van der Waals surface area contributed by atoms with Crippen LogP contribution >= 0.6 is 0 Å². The quantitative estimate of drug-likeness (QED) is 0.707. The van der Waals surface area contributed by atoms with Gasteiger partial charge in [-0.15, -0.1) is 0 Å². The standard InChI is InChI=1S/C14H16O2/c1-10-6-8-14(2,9-7-10)11-4-3-5-12(15)13(11)16/h3-8,15-16H,9H2,1-2H3. The average molecular weight is 216 g/mol. The number of rotatable bonds is 1. The van der Waals surface area contributed by atoms with Crippen LogP contribution in [0.15, 0.2) is 42.0 Å². The van der Waals surface area contributed by atoms with Crippen molar-refractivity contribution < 1.29 is 10.2 Å². The van der Waals surface area contributed by atoms with E-state index in [1.54, 1.807) is 6.07 Å². The number of allylic oxidation sites excluding steroid dienone is 4. The minimum Gasteiger partial charge on any atom is -0.504 e. The molecule has 1 atom stereocenters. The summed E-state index contributed by atoms with van der Waals surface area (Å²) in [5.41, 5.74) is 1.77. The Kier molecular flexibility index (Phi) is 2.50. The van der Waals surface area contributed by atoms with Crippen molar-refractivity contribution in [1.29, 1.82) is 0 Å². The molecule has 0 saturated heterocycles. The Hall–Kier alpha value is -1.70. The van der Waals surface area contributed by atoms with E-state index in [9.17, 15) is 10.2 Å². The molecule has 2 nitrogen and oxygen atoms in total. The SMILES string of the molecule is CC1=CCC(C)(c2cccc(O)c2O)C=C1. The number of aromatic hydroxyl groups is 2. The summed E-state index contributed by atoms with van der Waals surface area (Å²) in [6.45, 7) is 4.11. The molecule has 16 heavy (non-hydrogen) atoms. The van der Waals surface area contributed by atoms with E-state index in [4.69, 9.17) is 0 Å². The third-order valence-corrected chi connectivity index (χ3v) is 3.19. The Morgan fingerprint density at radius 3 is 2.62 bits per heavy atom. The van der Waals surface area contributed by atoms with Gasteiger partial charge in [0, 0.05) is 11.0 Å². The van der Waals surface area contributed by atoms with Gasteiger partial charge < -0.3 is 10.2 Å². The van der Waals surface area contributed by atoms with Crippen LogP contribution in [0, 0.1) is 0 Å². The highest BCUT2D eigenvalue weighted by Gasteiger charge is 2.28. The van der Waals surface area contributed by atoms with Crippen LogP contribution in [0.25, 0.3) is 0 Å². The summed E-state index contributed by atoms with van der Waals surface area (Å²) in [7, 11) is 0. The van der Waals surface area contributed by atoms with Crippen LogP contribution in [-0.2, 0) is 5.41 Å². The number of para-hydroxylation sites is 1. The summed E-state index contributed by atoms with van der Waals surface area (Å²) in [5, 5.41) is 19.4. The Labute approximate surface area is 95.6 Å². The van der Waals surface area contributed by atoms with Crippen LogP contribution in [0.1, 0.15) is 25.8 Å². The molecule has 0 bridgehead atoms. The van der Waals surface area contributed by atoms with E-state index in [0.717, 1.165) is 12.0 Å². The van der Waals surface area contributed by atoms with E-state index in [0.29, 0.717) is 0 Å². The van der Waals surface area contributed by atoms with Gasteiger partial charge in [-0.25, -0.2) is 0 Å².